The highest BCUT2D eigenvalue weighted by molar-refractivity contribution is 6.30. The second kappa shape index (κ2) is 23.8. The molecule has 0 spiro atoms. The Morgan fingerprint density at radius 1 is 0.788 bits per heavy atom. The summed E-state index contributed by atoms with van der Waals surface area (Å²) in [6.07, 6.45) is 17.3. The summed E-state index contributed by atoms with van der Waals surface area (Å²) in [5.41, 5.74) is 0.660. The van der Waals surface area contributed by atoms with E-state index in [1.807, 2.05) is 24.3 Å². The Kier molecular flexibility index (Phi) is 19.9. The first kappa shape index (κ1) is 43.6. The van der Waals surface area contributed by atoms with Gasteiger partial charge in [0, 0.05) is 49.5 Å². The molecule has 1 fully saturated rings. The number of nitrogens with zero attached hydrogens (tertiary/aromatic N) is 2. The first-order valence-corrected chi connectivity index (χ1v) is 20.5. The van der Waals surface area contributed by atoms with Gasteiger partial charge in [-0.1, -0.05) is 88.9 Å². The maximum atomic E-state index is 13.3. The number of Topliss-reactive ketones (excluding diaryl/α,β-unsaturated/α-hetero) is 1. The average molecular weight is 743 g/mol. The maximum Gasteiger partial charge on any atom is 0.308 e. The Labute approximate surface area is 318 Å². The number of benzene rings is 2. The predicted octanol–water partition coefficient (Wildman–Crippen LogP) is 9.65. The molecule has 0 aromatic heterocycles. The fourth-order valence-corrected chi connectivity index (χ4v) is 7.50. The van der Waals surface area contributed by atoms with E-state index in [1.54, 1.807) is 0 Å². The molecule has 0 atom stereocenters. The topological polar surface area (TPSA) is 75.7 Å². The van der Waals surface area contributed by atoms with Crippen LogP contribution in [0.5, 0.6) is 0 Å². The van der Waals surface area contributed by atoms with Crippen LogP contribution < -0.4 is 5.32 Å². The van der Waals surface area contributed by atoms with E-state index in [4.69, 9.17) is 16.3 Å². The lowest BCUT2D eigenvalue weighted by atomic mass is 9.84. The lowest BCUT2D eigenvalue weighted by Crippen LogP contribution is -2.52. The third-order valence-electron chi connectivity index (χ3n) is 10.7. The summed E-state index contributed by atoms with van der Waals surface area (Å²) < 4.78 is 20.3. The number of carbonyl (C=O) groups excluding carboxylic acids is 3. The highest BCUT2D eigenvalue weighted by Crippen LogP contribution is 2.38. The number of esters is 1. The molecule has 0 saturated carbocycles. The van der Waals surface area contributed by atoms with Crippen molar-refractivity contribution < 1.29 is 28.0 Å². The number of likely N-dealkylation sites (N-methyl/N-ethyl adjacent to an activating group) is 1. The molecular formula is C43H66ClFN3O4+. The van der Waals surface area contributed by atoms with Crippen molar-refractivity contribution in [1.29, 1.82) is 0 Å². The molecule has 0 radical (unpaired) electrons. The molecule has 1 N–H and O–H groups in total. The van der Waals surface area contributed by atoms with Crippen molar-refractivity contribution in [3.63, 3.8) is 0 Å². The van der Waals surface area contributed by atoms with Gasteiger partial charge in [-0.05, 0) is 80.6 Å². The van der Waals surface area contributed by atoms with Crippen LogP contribution in [0, 0.1) is 5.82 Å². The van der Waals surface area contributed by atoms with Crippen molar-refractivity contribution in [3.8, 4) is 0 Å². The zero-order chi connectivity index (χ0) is 37.7. The lowest BCUT2D eigenvalue weighted by Gasteiger charge is -2.41. The van der Waals surface area contributed by atoms with E-state index < -0.39 is 5.60 Å². The average Bonchev–Trinajstić information content (AvgIpc) is 3.12. The number of nitrogens with one attached hydrogen (secondary N) is 1. The number of piperidine rings is 1. The summed E-state index contributed by atoms with van der Waals surface area (Å²) in [7, 11) is 2.22. The van der Waals surface area contributed by atoms with Crippen LogP contribution >= 0.6 is 11.6 Å². The van der Waals surface area contributed by atoms with Gasteiger partial charge in [-0.3, -0.25) is 14.4 Å². The van der Waals surface area contributed by atoms with Gasteiger partial charge in [0.25, 0.3) is 5.91 Å². The van der Waals surface area contributed by atoms with Crippen LogP contribution in [0.2, 0.25) is 5.02 Å². The van der Waals surface area contributed by atoms with Gasteiger partial charge in [-0.2, -0.15) is 0 Å². The molecule has 1 aliphatic heterocycles. The SMILES string of the molecule is CCCCCCCC[N+](C)(CCCCCCCC)CC(=O)NCCC(=O)OC1(c2ccc(Cl)cc2)CCN(CCCC(=O)c2ccc(F)cc2)CC1. The van der Waals surface area contributed by atoms with Gasteiger partial charge in [0.05, 0.1) is 26.6 Å². The molecular weight excluding hydrogens is 677 g/mol. The number of halogens is 2. The summed E-state index contributed by atoms with van der Waals surface area (Å²) in [5.74, 6) is -0.682. The second-order valence-corrected chi connectivity index (χ2v) is 15.6. The van der Waals surface area contributed by atoms with Crippen molar-refractivity contribution in [3.05, 3.63) is 70.5 Å². The Morgan fingerprint density at radius 2 is 1.35 bits per heavy atom. The van der Waals surface area contributed by atoms with Crippen LogP contribution in [0.15, 0.2) is 48.5 Å². The highest BCUT2D eigenvalue weighted by atomic mass is 35.5. The number of carbonyl (C=O) groups is 3. The Hall–Kier alpha value is -2.81. The predicted molar refractivity (Wildman–Crippen MR) is 210 cm³/mol. The molecule has 1 amide bonds. The van der Waals surface area contributed by atoms with E-state index in [1.165, 1.54) is 88.5 Å². The number of amides is 1. The van der Waals surface area contributed by atoms with E-state index in [9.17, 15) is 18.8 Å². The second-order valence-electron chi connectivity index (χ2n) is 15.2. The quantitative estimate of drug-likeness (QED) is 0.0450. The van der Waals surface area contributed by atoms with E-state index in [2.05, 4.69) is 31.1 Å². The molecule has 1 heterocycles. The fraction of sp³-hybridized carbons (Fsp3) is 0.651. The van der Waals surface area contributed by atoms with E-state index >= 15 is 0 Å². The Bertz CT molecular complexity index is 1310. The number of unbranched alkanes of at least 4 members (excludes halogenated alkanes) is 10. The molecule has 7 nitrogen and oxygen atoms in total. The lowest BCUT2D eigenvalue weighted by molar-refractivity contribution is -0.902. The molecule has 9 heteroatoms. The molecule has 290 valence electrons. The number of ether oxygens (including phenoxy) is 1. The zero-order valence-corrected chi connectivity index (χ0v) is 33.1. The normalized spacial score (nSPS) is 14.6. The number of likely N-dealkylation sites (tertiary alicyclic amines) is 1. The molecule has 3 rings (SSSR count). The Morgan fingerprint density at radius 3 is 1.92 bits per heavy atom. The summed E-state index contributed by atoms with van der Waals surface area (Å²) in [5, 5.41) is 3.65. The van der Waals surface area contributed by atoms with Gasteiger partial charge in [-0.25, -0.2) is 4.39 Å². The summed E-state index contributed by atoms with van der Waals surface area (Å²) in [6.45, 7) is 9.33. The van der Waals surface area contributed by atoms with Crippen LogP contribution in [-0.2, 0) is 19.9 Å². The number of rotatable bonds is 26. The van der Waals surface area contributed by atoms with Gasteiger partial charge >= 0.3 is 5.97 Å². The molecule has 0 unspecified atom stereocenters. The van der Waals surface area contributed by atoms with Gasteiger partial charge < -0.3 is 19.4 Å². The molecule has 52 heavy (non-hydrogen) atoms. The first-order chi connectivity index (χ1) is 25.1. The molecule has 1 aliphatic rings. The van der Waals surface area contributed by atoms with Gasteiger partial charge in [0.2, 0.25) is 0 Å². The van der Waals surface area contributed by atoms with E-state index in [0.717, 1.165) is 42.5 Å². The summed E-state index contributed by atoms with van der Waals surface area (Å²) >= 11 is 6.21. The minimum atomic E-state index is -0.782. The third-order valence-corrected chi connectivity index (χ3v) is 10.9. The van der Waals surface area contributed by atoms with Gasteiger partial charge in [-0.15, -0.1) is 0 Å². The van der Waals surface area contributed by atoms with Gasteiger partial charge in [0.1, 0.15) is 11.4 Å². The van der Waals surface area contributed by atoms with E-state index in [0.29, 0.717) is 55.9 Å². The molecule has 2 aromatic rings. The molecule has 0 aliphatic carbocycles. The Balaban J connectivity index is 1.49. The van der Waals surface area contributed by atoms with Crippen LogP contribution in [0.25, 0.3) is 0 Å². The van der Waals surface area contributed by atoms with Crippen LogP contribution in [0.3, 0.4) is 0 Å². The standard InChI is InChI=1S/C43H65ClFN3O4/c1-4-6-8-10-12-14-33-48(3,34-15-13-11-9-7-5-2)35-41(50)46-29-26-42(51)52-43(37-20-22-38(44)23-21-37)27-31-47(32-28-43)30-16-17-40(49)36-18-24-39(45)25-19-36/h18-25H,4-17,26-35H2,1-3H3/p+1. The van der Waals surface area contributed by atoms with Crippen LogP contribution in [0.4, 0.5) is 4.39 Å². The van der Waals surface area contributed by atoms with E-state index in [-0.39, 0.29) is 36.4 Å². The zero-order valence-electron chi connectivity index (χ0n) is 32.4. The number of hydrogen-bond donors (Lipinski definition) is 1. The van der Waals surface area contributed by atoms with Crippen molar-refractivity contribution in [2.75, 3.05) is 52.9 Å². The van der Waals surface area contributed by atoms with Crippen molar-refractivity contribution >= 4 is 29.3 Å². The first-order valence-electron chi connectivity index (χ1n) is 20.2. The minimum Gasteiger partial charge on any atom is -0.454 e. The monoisotopic (exact) mass is 742 g/mol. The van der Waals surface area contributed by atoms with Crippen molar-refractivity contribution in [1.82, 2.24) is 10.2 Å². The molecule has 0 bridgehead atoms. The van der Waals surface area contributed by atoms with Gasteiger partial charge in [0.15, 0.2) is 12.3 Å². The summed E-state index contributed by atoms with van der Waals surface area (Å²) in [4.78, 5) is 41.4. The van der Waals surface area contributed by atoms with Crippen LogP contribution in [-0.4, -0.2) is 79.9 Å². The molecule has 1 saturated heterocycles. The number of hydrogen-bond acceptors (Lipinski definition) is 5. The van der Waals surface area contributed by atoms with Crippen LogP contribution in [0.1, 0.15) is 139 Å². The number of quaternary nitrogens is 1. The smallest absolute Gasteiger partial charge is 0.308 e. The summed E-state index contributed by atoms with van der Waals surface area (Å²) in [6, 6.07) is 13.2. The largest absolute Gasteiger partial charge is 0.454 e. The fourth-order valence-electron chi connectivity index (χ4n) is 7.38. The minimum absolute atomic E-state index is 0.00715. The maximum absolute atomic E-state index is 13.3. The molecule has 2 aromatic carbocycles. The van der Waals surface area contributed by atoms with Crippen molar-refractivity contribution in [2.24, 2.45) is 0 Å². The highest BCUT2D eigenvalue weighted by Gasteiger charge is 2.40. The third kappa shape index (κ3) is 16.1. The van der Waals surface area contributed by atoms with Crippen molar-refractivity contribution in [2.45, 2.75) is 129 Å². The number of ketones is 1.